The summed E-state index contributed by atoms with van der Waals surface area (Å²) in [6.07, 6.45) is 1.12. The minimum absolute atomic E-state index is 0.521. The van der Waals surface area contributed by atoms with E-state index in [1.165, 1.54) is 5.56 Å². The quantitative estimate of drug-likeness (QED) is 0.264. The molecule has 7 heteroatoms. The number of likely N-dealkylation sites (tertiary alicyclic amines) is 1. The molecule has 4 nitrogen and oxygen atoms in total. The third-order valence-electron chi connectivity index (χ3n) is 6.17. The number of hydrogen-bond donors (Lipinski definition) is 1. The third kappa shape index (κ3) is 4.22. The van der Waals surface area contributed by atoms with Crippen LogP contribution in [0, 0.1) is 0 Å². The largest absolute Gasteiger partial charge is 0.348 e. The molecule has 5 aromatic rings. The predicted octanol–water partition coefficient (Wildman–Crippen LogP) is 7.27. The second kappa shape index (κ2) is 9.25. The van der Waals surface area contributed by atoms with Gasteiger partial charge < -0.3 is 10.2 Å². The summed E-state index contributed by atoms with van der Waals surface area (Å²) in [5.74, 6) is 0.521. The first-order chi connectivity index (χ1) is 16.7. The molecule has 0 aliphatic carbocycles. The van der Waals surface area contributed by atoms with E-state index in [1.54, 1.807) is 22.7 Å². The van der Waals surface area contributed by atoms with Crippen LogP contribution in [0.2, 0.25) is 0 Å². The minimum Gasteiger partial charge on any atom is -0.348 e. The first-order valence-electron chi connectivity index (χ1n) is 11.2. The van der Waals surface area contributed by atoms with Crippen molar-refractivity contribution in [2.45, 2.75) is 12.3 Å². The van der Waals surface area contributed by atoms with E-state index in [4.69, 9.17) is 22.2 Å². The topological polar surface area (TPSA) is 41.1 Å². The fourth-order valence-electron chi connectivity index (χ4n) is 4.45. The van der Waals surface area contributed by atoms with Gasteiger partial charge in [-0.25, -0.2) is 9.97 Å². The molecular weight excluding hydrogens is 477 g/mol. The molecule has 1 aliphatic heterocycles. The van der Waals surface area contributed by atoms with Crippen molar-refractivity contribution < 1.29 is 0 Å². The highest BCUT2D eigenvalue weighted by atomic mass is 32.1. The van der Waals surface area contributed by atoms with Crippen molar-refractivity contribution >= 4 is 56.7 Å². The number of nitrogens with one attached hydrogen (secondary N) is 1. The van der Waals surface area contributed by atoms with Crippen LogP contribution in [-0.2, 0) is 0 Å². The van der Waals surface area contributed by atoms with Crippen LogP contribution in [0.4, 0.5) is 5.69 Å². The summed E-state index contributed by atoms with van der Waals surface area (Å²) < 4.78 is 0. The van der Waals surface area contributed by atoms with E-state index in [2.05, 4.69) is 81.6 Å². The molecule has 6 rings (SSSR count). The predicted molar refractivity (Wildman–Crippen MR) is 148 cm³/mol. The molecule has 0 saturated carbocycles. The Kier molecular flexibility index (Phi) is 5.83. The summed E-state index contributed by atoms with van der Waals surface area (Å²) in [6.45, 7) is 1.90. The summed E-state index contributed by atoms with van der Waals surface area (Å²) in [6, 6.07) is 25.1. The molecule has 2 aromatic carbocycles. The van der Waals surface area contributed by atoms with E-state index in [0.717, 1.165) is 62.5 Å². The average molecular weight is 499 g/mol. The Balaban J connectivity index is 1.26. The Labute approximate surface area is 211 Å². The SMILES string of the molecule is S=C(Nc1ccc2nc(-c3cccs3)c(-c3cccs3)nc2c1)N1CC[C@H](c2ccccc2)C1. The van der Waals surface area contributed by atoms with Crippen LogP contribution in [0.3, 0.4) is 0 Å². The average Bonchev–Trinajstić information content (AvgIpc) is 3.66. The molecule has 1 saturated heterocycles. The Hall–Kier alpha value is -3.13. The Morgan fingerprint density at radius 1 is 0.853 bits per heavy atom. The molecule has 168 valence electrons. The van der Waals surface area contributed by atoms with Crippen molar-refractivity contribution in [3.63, 3.8) is 0 Å². The van der Waals surface area contributed by atoms with E-state index in [0.29, 0.717) is 5.92 Å². The Bertz CT molecular complexity index is 1430. The minimum atomic E-state index is 0.521. The van der Waals surface area contributed by atoms with Crippen molar-refractivity contribution in [3.8, 4) is 21.1 Å². The molecule has 0 spiro atoms. The van der Waals surface area contributed by atoms with Gasteiger partial charge in [-0.2, -0.15) is 0 Å². The van der Waals surface area contributed by atoms with Gasteiger partial charge in [0.05, 0.1) is 20.8 Å². The fraction of sp³-hybridized carbons (Fsp3) is 0.148. The maximum Gasteiger partial charge on any atom is 0.173 e. The fourth-order valence-corrected chi connectivity index (χ4v) is 6.16. The lowest BCUT2D eigenvalue weighted by molar-refractivity contribution is 0.518. The highest BCUT2D eigenvalue weighted by molar-refractivity contribution is 7.80. The van der Waals surface area contributed by atoms with Gasteiger partial charge in [0.25, 0.3) is 0 Å². The lowest BCUT2D eigenvalue weighted by atomic mass is 9.99. The van der Waals surface area contributed by atoms with Gasteiger partial charge in [0.15, 0.2) is 5.11 Å². The van der Waals surface area contributed by atoms with Gasteiger partial charge in [-0.05, 0) is 65.3 Å². The van der Waals surface area contributed by atoms with Gasteiger partial charge in [-0.3, -0.25) is 0 Å². The number of thiocarbonyl (C=S) groups is 1. The first-order valence-corrected chi connectivity index (χ1v) is 13.4. The number of nitrogens with zero attached hydrogens (tertiary/aromatic N) is 3. The molecule has 1 atom stereocenters. The second-order valence-corrected chi connectivity index (χ2v) is 10.6. The van der Waals surface area contributed by atoms with Crippen LogP contribution in [0.15, 0.2) is 83.6 Å². The van der Waals surface area contributed by atoms with E-state index in [9.17, 15) is 0 Å². The number of fused-ring (bicyclic) bond motifs is 1. The van der Waals surface area contributed by atoms with Crippen LogP contribution in [0.25, 0.3) is 32.2 Å². The van der Waals surface area contributed by atoms with E-state index >= 15 is 0 Å². The number of thiophene rings is 2. The molecule has 0 radical (unpaired) electrons. The van der Waals surface area contributed by atoms with Crippen molar-refractivity contribution in [1.82, 2.24) is 14.9 Å². The van der Waals surface area contributed by atoms with Gasteiger partial charge in [0.1, 0.15) is 11.4 Å². The van der Waals surface area contributed by atoms with Crippen molar-refractivity contribution in [2.75, 3.05) is 18.4 Å². The zero-order chi connectivity index (χ0) is 22.9. The first kappa shape index (κ1) is 21.4. The van der Waals surface area contributed by atoms with Gasteiger partial charge in [0, 0.05) is 24.7 Å². The number of benzene rings is 2. The normalized spacial score (nSPS) is 15.6. The van der Waals surface area contributed by atoms with Gasteiger partial charge in [-0.1, -0.05) is 42.5 Å². The number of aromatic nitrogens is 2. The van der Waals surface area contributed by atoms with E-state index in [1.807, 2.05) is 12.1 Å². The Morgan fingerprint density at radius 2 is 1.56 bits per heavy atom. The van der Waals surface area contributed by atoms with Gasteiger partial charge in [0.2, 0.25) is 0 Å². The molecule has 0 bridgehead atoms. The van der Waals surface area contributed by atoms with Gasteiger partial charge in [-0.15, -0.1) is 22.7 Å². The summed E-state index contributed by atoms with van der Waals surface area (Å²) in [5, 5.41) is 8.36. The van der Waals surface area contributed by atoms with Crippen LogP contribution in [-0.4, -0.2) is 33.1 Å². The molecular formula is C27H22N4S3. The maximum atomic E-state index is 5.77. The summed E-state index contributed by atoms with van der Waals surface area (Å²) in [5.41, 5.74) is 5.93. The molecule has 34 heavy (non-hydrogen) atoms. The lowest BCUT2D eigenvalue weighted by Gasteiger charge is -2.21. The zero-order valence-corrected chi connectivity index (χ0v) is 20.8. The molecule has 0 unspecified atom stereocenters. The smallest absolute Gasteiger partial charge is 0.173 e. The van der Waals surface area contributed by atoms with Crippen LogP contribution < -0.4 is 5.32 Å². The van der Waals surface area contributed by atoms with Gasteiger partial charge >= 0.3 is 0 Å². The summed E-state index contributed by atoms with van der Waals surface area (Å²) in [4.78, 5) is 14.6. The highest BCUT2D eigenvalue weighted by Crippen LogP contribution is 2.36. The van der Waals surface area contributed by atoms with Crippen LogP contribution in [0.5, 0.6) is 0 Å². The lowest BCUT2D eigenvalue weighted by Crippen LogP contribution is -2.32. The molecule has 1 N–H and O–H groups in total. The molecule has 0 amide bonds. The number of hydrogen-bond acceptors (Lipinski definition) is 5. The monoisotopic (exact) mass is 498 g/mol. The molecule has 3 aromatic heterocycles. The number of anilines is 1. The van der Waals surface area contributed by atoms with Crippen molar-refractivity contribution in [3.05, 3.63) is 89.1 Å². The van der Waals surface area contributed by atoms with Crippen LogP contribution >= 0.6 is 34.9 Å². The molecule has 1 fully saturated rings. The van der Waals surface area contributed by atoms with Crippen LogP contribution in [0.1, 0.15) is 17.9 Å². The highest BCUT2D eigenvalue weighted by Gasteiger charge is 2.25. The molecule has 4 heterocycles. The van der Waals surface area contributed by atoms with E-state index < -0.39 is 0 Å². The summed E-state index contributed by atoms with van der Waals surface area (Å²) >= 11 is 9.14. The molecule has 1 aliphatic rings. The van der Waals surface area contributed by atoms with E-state index in [-0.39, 0.29) is 0 Å². The Morgan fingerprint density at radius 3 is 2.24 bits per heavy atom. The van der Waals surface area contributed by atoms with Crippen molar-refractivity contribution in [1.29, 1.82) is 0 Å². The van der Waals surface area contributed by atoms with Crippen molar-refractivity contribution in [2.24, 2.45) is 0 Å². The standard InChI is InChI=1S/C27H22N4S3/c32-27(31-13-12-19(17-31)18-6-2-1-3-7-18)28-20-10-11-21-22(16-20)30-26(24-9-5-15-34-24)25(29-21)23-8-4-14-33-23/h1-11,14-16,19H,12-13,17H2,(H,28,32)/t19-/m0/s1. The summed E-state index contributed by atoms with van der Waals surface area (Å²) in [7, 11) is 0. The third-order valence-corrected chi connectivity index (χ3v) is 8.28. The zero-order valence-electron chi connectivity index (χ0n) is 18.3. The second-order valence-electron chi connectivity index (χ2n) is 8.35. The maximum absolute atomic E-state index is 5.77. The number of rotatable bonds is 4.